The van der Waals surface area contributed by atoms with Gasteiger partial charge in [0, 0.05) is 62.5 Å². The lowest BCUT2D eigenvalue weighted by atomic mass is 9.78. The number of hydrogen-bond acceptors (Lipinski definition) is 6. The lowest BCUT2D eigenvalue weighted by Gasteiger charge is -2.48. The van der Waals surface area contributed by atoms with Crippen molar-refractivity contribution < 1.29 is 14.6 Å². The van der Waals surface area contributed by atoms with E-state index < -0.39 is 6.10 Å². The largest absolute Gasteiger partial charge is 0.450 e. The molecular formula is C21H32N4O3. The van der Waals surface area contributed by atoms with E-state index in [0.717, 1.165) is 50.6 Å². The van der Waals surface area contributed by atoms with Gasteiger partial charge in [0.1, 0.15) is 5.82 Å². The third kappa shape index (κ3) is 3.70. The van der Waals surface area contributed by atoms with Crippen molar-refractivity contribution in [1.82, 2.24) is 14.8 Å². The van der Waals surface area contributed by atoms with Crippen molar-refractivity contribution in [2.45, 2.75) is 45.3 Å². The van der Waals surface area contributed by atoms with E-state index in [1.807, 2.05) is 24.0 Å². The Balaban J connectivity index is 1.29. The van der Waals surface area contributed by atoms with E-state index >= 15 is 0 Å². The second-order valence-corrected chi connectivity index (χ2v) is 8.57. The maximum absolute atomic E-state index is 11.9. The van der Waals surface area contributed by atoms with E-state index in [2.05, 4.69) is 14.8 Å². The summed E-state index contributed by atoms with van der Waals surface area (Å²) >= 11 is 0. The molecule has 1 saturated carbocycles. The Morgan fingerprint density at radius 2 is 2.11 bits per heavy atom. The number of likely N-dealkylation sites (tertiary alicyclic amines) is 1. The fraction of sp³-hybridized carbons (Fsp3) is 0.714. The first-order valence-corrected chi connectivity index (χ1v) is 10.5. The van der Waals surface area contributed by atoms with Gasteiger partial charge in [-0.25, -0.2) is 9.78 Å². The zero-order valence-electron chi connectivity index (χ0n) is 17.0. The third-order valence-electron chi connectivity index (χ3n) is 6.65. The number of aliphatic hydroxyl groups excluding tert-OH is 1. The minimum Gasteiger partial charge on any atom is -0.450 e. The van der Waals surface area contributed by atoms with Crippen LogP contribution >= 0.6 is 0 Å². The van der Waals surface area contributed by atoms with Gasteiger partial charge in [0.2, 0.25) is 0 Å². The zero-order valence-corrected chi connectivity index (χ0v) is 17.0. The number of carbonyl (C=O) groups is 1. The van der Waals surface area contributed by atoms with E-state index in [1.54, 1.807) is 13.1 Å². The number of hydrogen-bond donors (Lipinski definition) is 1. The second kappa shape index (κ2) is 7.87. The minimum atomic E-state index is -0.502. The Morgan fingerprint density at radius 3 is 2.79 bits per heavy atom. The molecular weight excluding hydrogens is 356 g/mol. The first-order chi connectivity index (χ1) is 13.5. The Bertz CT molecular complexity index is 697. The van der Waals surface area contributed by atoms with Crippen LogP contribution in [-0.2, 0) is 4.74 Å². The zero-order chi connectivity index (χ0) is 19.7. The van der Waals surface area contributed by atoms with Crippen LogP contribution in [0.1, 0.15) is 44.8 Å². The van der Waals surface area contributed by atoms with Crippen LogP contribution < -0.4 is 4.90 Å². The summed E-state index contributed by atoms with van der Waals surface area (Å²) in [5, 5.41) is 10.0. The van der Waals surface area contributed by atoms with Gasteiger partial charge in [0.15, 0.2) is 0 Å². The lowest BCUT2D eigenvalue weighted by molar-refractivity contribution is -0.00294. The number of anilines is 1. The van der Waals surface area contributed by atoms with Gasteiger partial charge >= 0.3 is 6.09 Å². The van der Waals surface area contributed by atoms with Gasteiger partial charge in [-0.15, -0.1) is 0 Å². The molecule has 2 saturated heterocycles. The monoisotopic (exact) mass is 388 g/mol. The fourth-order valence-corrected chi connectivity index (χ4v) is 5.18. The minimum absolute atomic E-state index is 0.158. The van der Waals surface area contributed by atoms with E-state index in [-0.39, 0.29) is 6.09 Å². The number of aliphatic hydroxyl groups is 1. The number of ether oxygens (including phenoxy) is 1. The van der Waals surface area contributed by atoms with Crippen LogP contribution in [0.5, 0.6) is 0 Å². The second-order valence-electron chi connectivity index (χ2n) is 8.57. The number of aromatic nitrogens is 1. The van der Waals surface area contributed by atoms with Crippen molar-refractivity contribution in [3.05, 3.63) is 23.9 Å². The molecule has 28 heavy (non-hydrogen) atoms. The summed E-state index contributed by atoms with van der Waals surface area (Å²) in [6, 6.07) is 4.47. The van der Waals surface area contributed by atoms with E-state index in [1.165, 1.54) is 19.3 Å². The molecule has 1 unspecified atom stereocenters. The van der Waals surface area contributed by atoms with Crippen LogP contribution in [0.2, 0.25) is 0 Å². The van der Waals surface area contributed by atoms with Gasteiger partial charge in [-0.2, -0.15) is 0 Å². The molecule has 0 aromatic carbocycles. The highest BCUT2D eigenvalue weighted by molar-refractivity contribution is 5.69. The molecule has 1 aliphatic carbocycles. The average molecular weight is 389 g/mol. The molecule has 1 aromatic rings. The highest BCUT2D eigenvalue weighted by Crippen LogP contribution is 2.47. The maximum Gasteiger partial charge on any atom is 0.409 e. The van der Waals surface area contributed by atoms with Gasteiger partial charge in [-0.05, 0) is 39.2 Å². The number of rotatable bonds is 4. The number of amides is 1. The lowest BCUT2D eigenvalue weighted by Crippen LogP contribution is -2.58. The molecule has 4 rings (SSSR count). The SMILES string of the molecule is CCOC(=O)N1CC2(CC[C@@H](N3CCN(c4ncccc4C(C)O)CC3)C2)C1. The number of pyridine rings is 1. The van der Waals surface area contributed by atoms with Crippen LogP contribution in [0.25, 0.3) is 0 Å². The average Bonchev–Trinajstić information content (AvgIpc) is 3.13. The first kappa shape index (κ1) is 19.5. The summed E-state index contributed by atoms with van der Waals surface area (Å²) in [5.41, 5.74) is 1.22. The quantitative estimate of drug-likeness (QED) is 0.853. The van der Waals surface area contributed by atoms with Crippen molar-refractivity contribution in [3.63, 3.8) is 0 Å². The predicted molar refractivity (Wildman–Crippen MR) is 107 cm³/mol. The molecule has 1 aromatic heterocycles. The number of nitrogens with zero attached hydrogens (tertiary/aromatic N) is 4. The smallest absolute Gasteiger partial charge is 0.409 e. The summed E-state index contributed by atoms with van der Waals surface area (Å²) in [6.45, 7) is 9.74. The molecule has 7 nitrogen and oxygen atoms in total. The summed E-state index contributed by atoms with van der Waals surface area (Å²) in [4.78, 5) is 23.2. The Morgan fingerprint density at radius 1 is 1.36 bits per heavy atom. The van der Waals surface area contributed by atoms with Crippen LogP contribution in [0.3, 0.4) is 0 Å². The highest BCUT2D eigenvalue weighted by atomic mass is 16.6. The molecule has 1 N–H and O–H groups in total. The highest BCUT2D eigenvalue weighted by Gasteiger charge is 2.51. The molecule has 3 heterocycles. The Hall–Kier alpha value is -1.86. The van der Waals surface area contributed by atoms with Gasteiger partial charge in [0.25, 0.3) is 0 Å². The summed E-state index contributed by atoms with van der Waals surface area (Å²) < 4.78 is 5.12. The molecule has 0 bridgehead atoms. The van der Waals surface area contributed by atoms with Crippen LogP contribution in [0, 0.1) is 5.41 Å². The Labute approximate surface area is 167 Å². The van der Waals surface area contributed by atoms with Gasteiger partial charge in [0.05, 0.1) is 12.7 Å². The normalized spacial score (nSPS) is 25.6. The molecule has 2 atom stereocenters. The van der Waals surface area contributed by atoms with E-state index in [0.29, 0.717) is 18.1 Å². The van der Waals surface area contributed by atoms with Crippen LogP contribution in [0.15, 0.2) is 18.3 Å². The van der Waals surface area contributed by atoms with Crippen molar-refractivity contribution in [3.8, 4) is 0 Å². The van der Waals surface area contributed by atoms with E-state index in [4.69, 9.17) is 4.74 Å². The van der Waals surface area contributed by atoms with Crippen molar-refractivity contribution >= 4 is 11.9 Å². The molecule has 1 spiro atoms. The molecule has 1 amide bonds. The van der Waals surface area contributed by atoms with Crippen molar-refractivity contribution in [2.24, 2.45) is 5.41 Å². The third-order valence-corrected chi connectivity index (χ3v) is 6.65. The molecule has 3 aliphatic rings. The number of piperazine rings is 1. The maximum atomic E-state index is 11.9. The number of carbonyl (C=O) groups excluding carboxylic acids is 1. The van der Waals surface area contributed by atoms with Crippen LogP contribution in [-0.4, -0.2) is 77.9 Å². The molecule has 2 aliphatic heterocycles. The van der Waals surface area contributed by atoms with Crippen molar-refractivity contribution in [2.75, 3.05) is 50.8 Å². The first-order valence-electron chi connectivity index (χ1n) is 10.5. The molecule has 154 valence electrons. The molecule has 3 fully saturated rings. The van der Waals surface area contributed by atoms with Crippen LogP contribution in [0.4, 0.5) is 10.6 Å². The summed E-state index contributed by atoms with van der Waals surface area (Å²) in [7, 11) is 0. The molecule has 0 radical (unpaired) electrons. The van der Waals surface area contributed by atoms with Gasteiger partial charge in [-0.1, -0.05) is 6.07 Å². The molecule has 7 heteroatoms. The van der Waals surface area contributed by atoms with Gasteiger partial charge < -0.3 is 19.6 Å². The van der Waals surface area contributed by atoms with Crippen molar-refractivity contribution in [1.29, 1.82) is 0 Å². The fourth-order valence-electron chi connectivity index (χ4n) is 5.18. The predicted octanol–water partition coefficient (Wildman–Crippen LogP) is 2.27. The summed E-state index contributed by atoms with van der Waals surface area (Å²) in [5.74, 6) is 0.920. The topological polar surface area (TPSA) is 69.1 Å². The summed E-state index contributed by atoms with van der Waals surface area (Å²) in [6.07, 6.45) is 4.76. The standard InChI is InChI=1S/C21H32N4O3/c1-3-28-20(27)25-14-21(15-25)7-6-17(13-21)23-9-11-24(12-10-23)19-18(16(2)26)5-4-8-22-19/h4-5,8,16-17,26H,3,6-7,9-15H2,1-2H3/t16?,17-/m1/s1. The van der Waals surface area contributed by atoms with E-state index in [9.17, 15) is 9.90 Å². The van der Waals surface area contributed by atoms with Gasteiger partial charge in [-0.3, -0.25) is 4.90 Å². The Kier molecular flexibility index (Phi) is 5.47.